The van der Waals surface area contributed by atoms with E-state index < -0.39 is 0 Å². The van der Waals surface area contributed by atoms with E-state index in [1.807, 2.05) is 18.5 Å². The maximum atomic E-state index is 4.18. The second kappa shape index (κ2) is 4.56. The van der Waals surface area contributed by atoms with E-state index in [9.17, 15) is 0 Å². The molecule has 0 bridgehead atoms. The van der Waals surface area contributed by atoms with Crippen LogP contribution in [0.3, 0.4) is 0 Å². The van der Waals surface area contributed by atoms with Crippen LogP contribution in [0.15, 0.2) is 41.7 Å². The topological polar surface area (TPSA) is 21.7 Å². The fourth-order valence-electron chi connectivity index (χ4n) is 1.97. The Labute approximate surface area is 112 Å². The van der Waals surface area contributed by atoms with Gasteiger partial charge in [-0.1, -0.05) is 0 Å². The van der Waals surface area contributed by atoms with Crippen molar-refractivity contribution in [1.29, 1.82) is 0 Å². The van der Waals surface area contributed by atoms with E-state index in [1.165, 1.54) is 15.8 Å². The monoisotopic (exact) mass is 303 g/mol. The van der Waals surface area contributed by atoms with Crippen LogP contribution >= 0.6 is 0 Å². The summed E-state index contributed by atoms with van der Waals surface area (Å²) in [6, 6.07) is 6.21. The zero-order valence-electron chi connectivity index (χ0n) is 10.3. The Morgan fingerprint density at radius 1 is 1.39 bits per heavy atom. The van der Waals surface area contributed by atoms with E-state index in [1.54, 1.807) is 6.20 Å². The number of hydrogen-bond donors (Lipinski definition) is 0. The van der Waals surface area contributed by atoms with Crippen LogP contribution in [0.4, 0.5) is 0 Å². The van der Waals surface area contributed by atoms with Gasteiger partial charge in [0.25, 0.3) is 0 Å². The first-order chi connectivity index (χ1) is 8.77. The third kappa shape index (κ3) is 1.84. The molecule has 0 saturated carbocycles. The molecular formula is C14H13N3Se. The third-order valence-corrected chi connectivity index (χ3v) is 5.02. The molecule has 0 amide bonds. The van der Waals surface area contributed by atoms with E-state index in [0.29, 0.717) is 14.5 Å². The van der Waals surface area contributed by atoms with Gasteiger partial charge in [-0.05, 0) is 0 Å². The second-order valence-electron chi connectivity index (χ2n) is 4.17. The quantitative estimate of drug-likeness (QED) is 0.400. The van der Waals surface area contributed by atoms with Crippen LogP contribution in [0.5, 0.6) is 0 Å². The van der Waals surface area contributed by atoms with Crippen molar-refractivity contribution >= 4 is 14.5 Å². The molecule has 0 spiro atoms. The summed E-state index contributed by atoms with van der Waals surface area (Å²) in [6.07, 6.45) is 8.90. The maximum absolute atomic E-state index is 4.18. The molecule has 0 radical (unpaired) electrons. The van der Waals surface area contributed by atoms with Crippen LogP contribution in [0.25, 0.3) is 15.9 Å². The number of rotatable bonds is 2. The summed E-state index contributed by atoms with van der Waals surface area (Å²) in [4.78, 5) is 6.44. The average molecular weight is 302 g/mol. The molecule has 3 aromatic heterocycles. The van der Waals surface area contributed by atoms with Crippen molar-refractivity contribution in [3.05, 3.63) is 53.5 Å². The Kier molecular flexibility index (Phi) is 2.90. The Bertz CT molecular complexity index is 667. The summed E-state index contributed by atoms with van der Waals surface area (Å²) >= 11 is 0.411. The molecule has 0 aliphatic rings. The predicted molar refractivity (Wildman–Crippen MR) is 70.7 cm³/mol. The number of aryl methyl sites for hydroxylation is 2. The normalized spacial score (nSPS) is 10.8. The molecule has 3 nitrogen and oxygen atoms in total. The van der Waals surface area contributed by atoms with Crippen molar-refractivity contribution < 1.29 is 4.57 Å². The summed E-state index contributed by atoms with van der Waals surface area (Å²) < 4.78 is 5.62. The summed E-state index contributed by atoms with van der Waals surface area (Å²) in [7, 11) is 2.06. The van der Waals surface area contributed by atoms with Gasteiger partial charge in [0.05, 0.1) is 0 Å². The van der Waals surface area contributed by atoms with Crippen molar-refractivity contribution in [2.24, 2.45) is 7.05 Å². The van der Waals surface area contributed by atoms with Crippen molar-refractivity contribution in [3.8, 4) is 15.9 Å². The summed E-state index contributed by atoms with van der Waals surface area (Å²) in [5, 5.41) is 0. The van der Waals surface area contributed by atoms with Crippen LogP contribution in [-0.2, 0) is 7.05 Å². The number of imidazole rings is 1. The molecule has 3 heterocycles. The molecule has 0 fully saturated rings. The predicted octanol–water partition coefficient (Wildman–Crippen LogP) is 1.53. The van der Waals surface area contributed by atoms with Crippen LogP contribution in [0, 0.1) is 13.1 Å². The Hall–Kier alpha value is -1.64. The number of nitrogens with zero attached hydrogens (tertiary/aromatic N) is 3. The first kappa shape index (κ1) is 11.4. The van der Waals surface area contributed by atoms with E-state index >= 15 is 0 Å². The van der Waals surface area contributed by atoms with Gasteiger partial charge in [0.1, 0.15) is 0 Å². The Morgan fingerprint density at radius 3 is 2.94 bits per heavy atom. The zero-order valence-corrected chi connectivity index (χ0v) is 12.0. The summed E-state index contributed by atoms with van der Waals surface area (Å²) in [6.45, 7) is 2.17. The van der Waals surface area contributed by atoms with Crippen LogP contribution < -0.4 is 4.57 Å². The van der Waals surface area contributed by atoms with E-state index in [4.69, 9.17) is 0 Å². The van der Waals surface area contributed by atoms with Gasteiger partial charge in [0.15, 0.2) is 0 Å². The molecule has 90 valence electrons. The van der Waals surface area contributed by atoms with Gasteiger partial charge < -0.3 is 0 Å². The van der Waals surface area contributed by atoms with Gasteiger partial charge in [-0.2, -0.15) is 0 Å². The zero-order chi connectivity index (χ0) is 12.5. The SMILES string of the molecule is Cc1cc[se]c1-c1n(C)c[c-][n+]1-c1cccnc1. The Balaban J connectivity index is 2.22. The molecule has 0 saturated heterocycles. The molecule has 4 heteroatoms. The molecule has 0 aromatic carbocycles. The minimum atomic E-state index is 0.411. The van der Waals surface area contributed by atoms with Crippen molar-refractivity contribution in [2.75, 3.05) is 0 Å². The fraction of sp³-hybridized carbons (Fsp3) is 0.143. The Morgan fingerprint density at radius 2 is 2.28 bits per heavy atom. The molecule has 0 N–H and O–H groups in total. The van der Waals surface area contributed by atoms with Crippen molar-refractivity contribution in [3.63, 3.8) is 0 Å². The van der Waals surface area contributed by atoms with Gasteiger partial charge in [0.2, 0.25) is 0 Å². The molecular weight excluding hydrogens is 289 g/mol. The molecule has 3 rings (SSSR count). The van der Waals surface area contributed by atoms with Crippen molar-refractivity contribution in [2.45, 2.75) is 6.92 Å². The summed E-state index contributed by atoms with van der Waals surface area (Å²) in [5.74, 6) is 1.20. The van der Waals surface area contributed by atoms with E-state index in [2.05, 4.69) is 51.4 Å². The van der Waals surface area contributed by atoms with Crippen LogP contribution in [-0.4, -0.2) is 24.1 Å². The molecule has 0 aliphatic heterocycles. The standard InChI is InChI=1S/C14H13N3Se/c1-11-5-9-18-13(11)14-16(2)7-8-17(14)12-4-3-6-15-10-12/h3-7,9-10H,1-2H3. The number of aromatic nitrogens is 3. The number of hydrogen-bond acceptors (Lipinski definition) is 1. The van der Waals surface area contributed by atoms with Crippen LogP contribution in [0.2, 0.25) is 0 Å². The minimum absolute atomic E-state index is 0.411. The first-order valence-electron chi connectivity index (χ1n) is 5.71. The van der Waals surface area contributed by atoms with Gasteiger partial charge in [-0.15, -0.1) is 0 Å². The van der Waals surface area contributed by atoms with Gasteiger partial charge in [0, 0.05) is 0 Å². The number of pyridine rings is 1. The third-order valence-electron chi connectivity index (χ3n) is 2.90. The van der Waals surface area contributed by atoms with Gasteiger partial charge in [-0.25, -0.2) is 0 Å². The molecule has 0 unspecified atom stereocenters. The van der Waals surface area contributed by atoms with Gasteiger partial charge >= 0.3 is 112 Å². The van der Waals surface area contributed by atoms with E-state index in [-0.39, 0.29) is 0 Å². The molecule has 18 heavy (non-hydrogen) atoms. The first-order valence-corrected chi connectivity index (χ1v) is 7.56. The van der Waals surface area contributed by atoms with Gasteiger partial charge in [-0.3, -0.25) is 0 Å². The van der Waals surface area contributed by atoms with Crippen LogP contribution in [0.1, 0.15) is 5.56 Å². The molecule has 3 aromatic rings. The molecule has 0 atom stereocenters. The summed E-state index contributed by atoms with van der Waals surface area (Å²) in [5.41, 5.74) is 2.40. The molecule has 0 aliphatic carbocycles. The van der Waals surface area contributed by atoms with Crippen molar-refractivity contribution in [1.82, 2.24) is 9.55 Å². The second-order valence-corrected chi connectivity index (χ2v) is 6.09. The van der Waals surface area contributed by atoms with E-state index in [0.717, 1.165) is 5.69 Å². The average Bonchev–Trinajstić information content (AvgIpc) is 2.96. The fourth-order valence-corrected chi connectivity index (χ4v) is 4.07.